The number of amides is 2. The molecule has 0 aliphatic heterocycles. The predicted octanol–water partition coefficient (Wildman–Crippen LogP) is 3.66. The first-order valence-corrected chi connectivity index (χ1v) is 12.8. The SMILES string of the molecule is CNC(=O)[C@@H](C)N(Cc1ccccc1)C(=O)CN(c1cccc(C)c1)S(=O)(=O)c1ccc(C)cc1. The van der Waals surface area contributed by atoms with E-state index in [2.05, 4.69) is 5.32 Å². The van der Waals surface area contributed by atoms with Crippen molar-refractivity contribution in [1.82, 2.24) is 10.2 Å². The van der Waals surface area contributed by atoms with Gasteiger partial charge in [0.1, 0.15) is 12.6 Å². The minimum atomic E-state index is -4.06. The lowest BCUT2D eigenvalue weighted by atomic mass is 10.1. The van der Waals surface area contributed by atoms with Crippen LogP contribution in [0.15, 0.2) is 83.8 Å². The molecule has 0 heterocycles. The van der Waals surface area contributed by atoms with Gasteiger partial charge in [-0.15, -0.1) is 0 Å². The van der Waals surface area contributed by atoms with Crippen molar-refractivity contribution in [3.63, 3.8) is 0 Å². The van der Waals surface area contributed by atoms with Crippen molar-refractivity contribution < 1.29 is 18.0 Å². The van der Waals surface area contributed by atoms with Crippen LogP contribution in [-0.4, -0.2) is 44.8 Å². The van der Waals surface area contributed by atoms with E-state index in [0.29, 0.717) is 5.69 Å². The summed E-state index contributed by atoms with van der Waals surface area (Å²) < 4.78 is 28.5. The molecule has 8 heteroatoms. The number of nitrogens with zero attached hydrogens (tertiary/aromatic N) is 2. The first kappa shape index (κ1) is 26.0. The number of benzene rings is 3. The molecule has 0 fully saturated rings. The Morgan fingerprint density at radius 1 is 0.886 bits per heavy atom. The minimum absolute atomic E-state index is 0.0892. The van der Waals surface area contributed by atoms with Crippen LogP contribution in [0.5, 0.6) is 0 Å². The first-order chi connectivity index (χ1) is 16.6. The lowest BCUT2D eigenvalue weighted by Crippen LogP contribution is -2.50. The van der Waals surface area contributed by atoms with Crippen molar-refractivity contribution in [1.29, 1.82) is 0 Å². The van der Waals surface area contributed by atoms with Gasteiger partial charge in [-0.3, -0.25) is 13.9 Å². The third-order valence-corrected chi connectivity index (χ3v) is 7.58. The summed E-state index contributed by atoms with van der Waals surface area (Å²) in [5.74, 6) is -0.820. The summed E-state index contributed by atoms with van der Waals surface area (Å²) in [6.07, 6.45) is 0. The van der Waals surface area contributed by atoms with Crippen LogP contribution in [0.1, 0.15) is 23.6 Å². The van der Waals surface area contributed by atoms with Crippen LogP contribution >= 0.6 is 0 Å². The molecule has 1 N–H and O–H groups in total. The maximum absolute atomic E-state index is 13.7. The molecule has 0 aromatic heterocycles. The van der Waals surface area contributed by atoms with Gasteiger partial charge >= 0.3 is 0 Å². The predicted molar refractivity (Wildman–Crippen MR) is 137 cm³/mol. The van der Waals surface area contributed by atoms with Crippen molar-refractivity contribution in [3.05, 3.63) is 95.6 Å². The van der Waals surface area contributed by atoms with Crippen LogP contribution in [0, 0.1) is 13.8 Å². The summed E-state index contributed by atoms with van der Waals surface area (Å²) >= 11 is 0. The van der Waals surface area contributed by atoms with Gasteiger partial charge in [0.05, 0.1) is 10.6 Å². The highest BCUT2D eigenvalue weighted by Crippen LogP contribution is 2.25. The van der Waals surface area contributed by atoms with Gasteiger partial charge in [0.15, 0.2) is 0 Å². The van der Waals surface area contributed by atoms with Gasteiger partial charge in [0.25, 0.3) is 10.0 Å². The number of hydrogen-bond acceptors (Lipinski definition) is 4. The number of carbonyl (C=O) groups excluding carboxylic acids is 2. The molecule has 184 valence electrons. The Kier molecular flexibility index (Phi) is 8.30. The minimum Gasteiger partial charge on any atom is -0.357 e. The molecule has 0 bridgehead atoms. The highest BCUT2D eigenvalue weighted by Gasteiger charge is 2.32. The average Bonchev–Trinajstić information content (AvgIpc) is 2.85. The summed E-state index contributed by atoms with van der Waals surface area (Å²) in [5.41, 5.74) is 3.00. The Balaban J connectivity index is 2.02. The molecule has 1 atom stereocenters. The molecule has 0 radical (unpaired) electrons. The van der Waals surface area contributed by atoms with E-state index in [1.54, 1.807) is 37.3 Å². The molecular formula is C27H31N3O4S. The Hall–Kier alpha value is -3.65. The zero-order chi connectivity index (χ0) is 25.6. The van der Waals surface area contributed by atoms with E-state index in [-0.39, 0.29) is 17.3 Å². The number of nitrogens with one attached hydrogen (secondary N) is 1. The van der Waals surface area contributed by atoms with E-state index in [4.69, 9.17) is 0 Å². The van der Waals surface area contributed by atoms with E-state index >= 15 is 0 Å². The summed E-state index contributed by atoms with van der Waals surface area (Å²) in [7, 11) is -2.55. The molecule has 35 heavy (non-hydrogen) atoms. The number of likely N-dealkylation sites (N-methyl/N-ethyl adjacent to an activating group) is 1. The van der Waals surface area contributed by atoms with Gasteiger partial charge in [0, 0.05) is 13.6 Å². The number of aryl methyl sites for hydroxylation is 2. The van der Waals surface area contributed by atoms with E-state index in [0.717, 1.165) is 21.0 Å². The van der Waals surface area contributed by atoms with E-state index in [1.165, 1.54) is 24.1 Å². The lowest BCUT2D eigenvalue weighted by Gasteiger charge is -2.31. The standard InChI is InChI=1S/C27H31N3O4S/c1-20-13-15-25(16-14-20)35(33,34)30(24-12-8-9-21(2)17-24)19-26(31)29(22(3)27(32)28-4)18-23-10-6-5-7-11-23/h5-17,22H,18-19H2,1-4H3,(H,28,32)/t22-/m1/s1. The normalized spacial score (nSPS) is 12.0. The third-order valence-electron chi connectivity index (χ3n) is 5.79. The fourth-order valence-electron chi connectivity index (χ4n) is 3.72. The topological polar surface area (TPSA) is 86.8 Å². The van der Waals surface area contributed by atoms with Gasteiger partial charge in [-0.05, 0) is 56.2 Å². The second-order valence-corrected chi connectivity index (χ2v) is 10.3. The van der Waals surface area contributed by atoms with Gasteiger partial charge < -0.3 is 10.2 Å². The highest BCUT2D eigenvalue weighted by atomic mass is 32.2. The number of anilines is 1. The molecule has 3 aromatic carbocycles. The average molecular weight is 494 g/mol. The molecule has 3 aromatic rings. The first-order valence-electron chi connectivity index (χ1n) is 11.3. The molecule has 0 aliphatic rings. The van der Waals surface area contributed by atoms with Crippen molar-refractivity contribution in [2.24, 2.45) is 0 Å². The molecule has 0 spiro atoms. The van der Waals surface area contributed by atoms with E-state index in [1.807, 2.05) is 50.2 Å². The largest absolute Gasteiger partial charge is 0.357 e. The van der Waals surface area contributed by atoms with Crippen LogP contribution < -0.4 is 9.62 Å². The van der Waals surface area contributed by atoms with Gasteiger partial charge in [-0.1, -0.05) is 60.2 Å². The van der Waals surface area contributed by atoms with Crippen molar-refractivity contribution in [3.8, 4) is 0 Å². The number of sulfonamides is 1. The van der Waals surface area contributed by atoms with Gasteiger partial charge in [0.2, 0.25) is 11.8 Å². The third kappa shape index (κ3) is 6.27. The monoisotopic (exact) mass is 493 g/mol. The summed E-state index contributed by atoms with van der Waals surface area (Å²) in [6.45, 7) is 5.08. The lowest BCUT2D eigenvalue weighted by molar-refractivity contribution is -0.139. The highest BCUT2D eigenvalue weighted by molar-refractivity contribution is 7.92. The molecule has 0 unspecified atom stereocenters. The Labute approximate surface area is 207 Å². The molecular weight excluding hydrogens is 462 g/mol. The summed E-state index contributed by atoms with van der Waals surface area (Å²) in [5, 5.41) is 2.58. The summed E-state index contributed by atoms with van der Waals surface area (Å²) in [4.78, 5) is 27.6. The van der Waals surface area contributed by atoms with Crippen LogP contribution in [-0.2, 0) is 26.2 Å². The van der Waals surface area contributed by atoms with Gasteiger partial charge in [-0.25, -0.2) is 8.42 Å². The molecule has 0 saturated carbocycles. The number of carbonyl (C=O) groups is 2. The van der Waals surface area contributed by atoms with Crippen molar-refractivity contribution in [2.75, 3.05) is 17.9 Å². The second kappa shape index (κ2) is 11.2. The maximum atomic E-state index is 13.7. The molecule has 0 aliphatic carbocycles. The van der Waals surface area contributed by atoms with Crippen LogP contribution in [0.4, 0.5) is 5.69 Å². The molecule has 3 rings (SSSR count). The van der Waals surface area contributed by atoms with Crippen LogP contribution in [0.25, 0.3) is 0 Å². The fourth-order valence-corrected chi connectivity index (χ4v) is 5.13. The maximum Gasteiger partial charge on any atom is 0.264 e. The van der Waals surface area contributed by atoms with E-state index in [9.17, 15) is 18.0 Å². The quantitative estimate of drug-likeness (QED) is 0.493. The zero-order valence-electron chi connectivity index (χ0n) is 20.4. The molecule has 2 amide bonds. The summed E-state index contributed by atoms with van der Waals surface area (Å²) in [6, 6.07) is 22.0. The molecule has 0 saturated heterocycles. The zero-order valence-corrected chi connectivity index (χ0v) is 21.2. The van der Waals surface area contributed by atoms with Crippen LogP contribution in [0.2, 0.25) is 0 Å². The van der Waals surface area contributed by atoms with Crippen LogP contribution in [0.3, 0.4) is 0 Å². The number of rotatable bonds is 9. The van der Waals surface area contributed by atoms with Crippen molar-refractivity contribution >= 4 is 27.5 Å². The van der Waals surface area contributed by atoms with Gasteiger partial charge in [-0.2, -0.15) is 0 Å². The molecule has 7 nitrogen and oxygen atoms in total. The Morgan fingerprint density at radius 3 is 2.14 bits per heavy atom. The number of hydrogen-bond donors (Lipinski definition) is 1. The second-order valence-electron chi connectivity index (χ2n) is 8.46. The van der Waals surface area contributed by atoms with E-state index < -0.39 is 28.5 Å². The Bertz CT molecular complexity index is 1280. The smallest absolute Gasteiger partial charge is 0.264 e. The van der Waals surface area contributed by atoms with Crippen molar-refractivity contribution in [2.45, 2.75) is 38.3 Å². The fraction of sp³-hybridized carbons (Fsp3) is 0.259. The Morgan fingerprint density at radius 2 is 1.54 bits per heavy atom.